The number of carbonyl (C=O) groups excluding carboxylic acids is 1. The van der Waals surface area contributed by atoms with Gasteiger partial charge in [0.15, 0.2) is 0 Å². The summed E-state index contributed by atoms with van der Waals surface area (Å²) < 4.78 is 5.21. The fourth-order valence-corrected chi connectivity index (χ4v) is 1.83. The molecule has 1 amide bonds. The van der Waals surface area contributed by atoms with Crippen LogP contribution in [-0.2, 0) is 0 Å². The summed E-state index contributed by atoms with van der Waals surface area (Å²) >= 11 is 0. The van der Waals surface area contributed by atoms with Crippen molar-refractivity contribution in [3.05, 3.63) is 40.2 Å². The van der Waals surface area contributed by atoms with E-state index in [-0.39, 0.29) is 5.56 Å². The number of hydrogen-bond acceptors (Lipinski definition) is 4. The summed E-state index contributed by atoms with van der Waals surface area (Å²) in [4.78, 5) is 24.0. The van der Waals surface area contributed by atoms with Gasteiger partial charge in [0.1, 0.15) is 11.1 Å². The standard InChI is InChI=1S/C15H18N2O3/c1-15(2,3)17-13(18)11-7-9-5-6-10(16-4)8-12(9)20-14(11)19/h5-8,16H,1-4H3,(H,17,18). The van der Waals surface area contributed by atoms with E-state index in [2.05, 4.69) is 10.6 Å². The fourth-order valence-electron chi connectivity index (χ4n) is 1.83. The molecule has 2 N–H and O–H groups in total. The van der Waals surface area contributed by atoms with Gasteiger partial charge >= 0.3 is 5.63 Å². The van der Waals surface area contributed by atoms with E-state index >= 15 is 0 Å². The molecule has 0 radical (unpaired) electrons. The lowest BCUT2D eigenvalue weighted by atomic mass is 10.1. The zero-order valence-corrected chi connectivity index (χ0v) is 12.0. The topological polar surface area (TPSA) is 71.3 Å². The van der Waals surface area contributed by atoms with Crippen LogP contribution in [0.5, 0.6) is 0 Å². The van der Waals surface area contributed by atoms with Gasteiger partial charge in [0.25, 0.3) is 5.91 Å². The van der Waals surface area contributed by atoms with Crippen molar-refractivity contribution in [1.82, 2.24) is 5.32 Å². The van der Waals surface area contributed by atoms with Crippen molar-refractivity contribution in [2.24, 2.45) is 0 Å². The van der Waals surface area contributed by atoms with Gasteiger partial charge in [-0.25, -0.2) is 4.79 Å². The van der Waals surface area contributed by atoms with Crippen LogP contribution >= 0.6 is 0 Å². The molecule has 20 heavy (non-hydrogen) atoms. The second-order valence-corrected chi connectivity index (χ2v) is 5.65. The Morgan fingerprint density at radius 3 is 2.50 bits per heavy atom. The number of nitrogens with one attached hydrogen (secondary N) is 2. The molecule has 0 bridgehead atoms. The first-order valence-electron chi connectivity index (χ1n) is 6.38. The maximum Gasteiger partial charge on any atom is 0.349 e. The first-order valence-corrected chi connectivity index (χ1v) is 6.38. The van der Waals surface area contributed by atoms with E-state index in [1.54, 1.807) is 25.2 Å². The van der Waals surface area contributed by atoms with E-state index in [0.29, 0.717) is 11.0 Å². The molecule has 1 aromatic heterocycles. The smallest absolute Gasteiger partial charge is 0.349 e. The van der Waals surface area contributed by atoms with Crippen molar-refractivity contribution < 1.29 is 9.21 Å². The third-order valence-electron chi connectivity index (χ3n) is 2.76. The largest absolute Gasteiger partial charge is 0.422 e. The Bertz CT molecular complexity index is 711. The number of rotatable bonds is 2. The predicted octanol–water partition coefficient (Wildman–Crippen LogP) is 2.36. The van der Waals surface area contributed by atoms with Gasteiger partial charge in [-0.15, -0.1) is 0 Å². The van der Waals surface area contributed by atoms with Crippen molar-refractivity contribution >= 4 is 22.6 Å². The third-order valence-corrected chi connectivity index (χ3v) is 2.76. The Morgan fingerprint density at radius 1 is 1.20 bits per heavy atom. The quantitative estimate of drug-likeness (QED) is 0.825. The van der Waals surface area contributed by atoms with Crippen molar-refractivity contribution in [3.63, 3.8) is 0 Å². The van der Waals surface area contributed by atoms with Gasteiger partial charge in [-0.2, -0.15) is 0 Å². The molecule has 2 rings (SSSR count). The van der Waals surface area contributed by atoms with E-state index in [1.165, 1.54) is 0 Å². The highest BCUT2D eigenvalue weighted by atomic mass is 16.4. The lowest BCUT2D eigenvalue weighted by Gasteiger charge is -2.20. The van der Waals surface area contributed by atoms with E-state index in [9.17, 15) is 9.59 Å². The maximum atomic E-state index is 12.1. The lowest BCUT2D eigenvalue weighted by molar-refractivity contribution is 0.0916. The molecule has 0 spiro atoms. The zero-order chi connectivity index (χ0) is 14.9. The van der Waals surface area contributed by atoms with Crippen LogP contribution in [0.15, 0.2) is 33.5 Å². The average molecular weight is 274 g/mol. The minimum Gasteiger partial charge on any atom is -0.422 e. The van der Waals surface area contributed by atoms with Crippen LogP contribution in [0.2, 0.25) is 0 Å². The van der Waals surface area contributed by atoms with Gasteiger partial charge in [0.05, 0.1) is 0 Å². The van der Waals surface area contributed by atoms with E-state index in [0.717, 1.165) is 5.69 Å². The number of fused-ring (bicyclic) bond motifs is 1. The van der Waals surface area contributed by atoms with Crippen molar-refractivity contribution in [2.75, 3.05) is 12.4 Å². The van der Waals surface area contributed by atoms with Crippen LogP contribution in [0.3, 0.4) is 0 Å². The van der Waals surface area contributed by atoms with Crippen LogP contribution in [0, 0.1) is 0 Å². The summed E-state index contributed by atoms with van der Waals surface area (Å²) in [6, 6.07) is 6.94. The summed E-state index contributed by atoms with van der Waals surface area (Å²) in [5.41, 5.74) is 0.271. The molecule has 5 heteroatoms. The molecule has 0 atom stereocenters. The van der Waals surface area contributed by atoms with Gasteiger partial charge in [-0.05, 0) is 39.0 Å². The van der Waals surface area contributed by atoms with Crippen LogP contribution < -0.4 is 16.3 Å². The van der Waals surface area contributed by atoms with Crippen molar-refractivity contribution in [1.29, 1.82) is 0 Å². The van der Waals surface area contributed by atoms with Crippen LogP contribution in [0.1, 0.15) is 31.1 Å². The molecule has 0 aliphatic heterocycles. The zero-order valence-electron chi connectivity index (χ0n) is 12.0. The second-order valence-electron chi connectivity index (χ2n) is 5.65. The van der Waals surface area contributed by atoms with Crippen molar-refractivity contribution in [2.45, 2.75) is 26.3 Å². The molecule has 0 saturated heterocycles. The fraction of sp³-hybridized carbons (Fsp3) is 0.333. The minimum absolute atomic E-state index is 0.0182. The summed E-state index contributed by atoms with van der Waals surface area (Å²) in [7, 11) is 1.78. The lowest BCUT2D eigenvalue weighted by Crippen LogP contribution is -2.42. The monoisotopic (exact) mass is 274 g/mol. The number of anilines is 1. The van der Waals surface area contributed by atoms with E-state index in [4.69, 9.17) is 4.42 Å². The van der Waals surface area contributed by atoms with Crippen LogP contribution in [0.25, 0.3) is 11.0 Å². The first kappa shape index (κ1) is 14.1. The molecule has 2 aromatic rings. The molecule has 5 nitrogen and oxygen atoms in total. The normalized spacial score (nSPS) is 11.4. The van der Waals surface area contributed by atoms with Gasteiger partial charge < -0.3 is 15.1 Å². The summed E-state index contributed by atoms with van der Waals surface area (Å²) in [5, 5.41) is 6.43. The van der Waals surface area contributed by atoms with E-state index in [1.807, 2.05) is 26.8 Å². The highest BCUT2D eigenvalue weighted by Gasteiger charge is 2.19. The maximum absolute atomic E-state index is 12.1. The SMILES string of the molecule is CNc1ccc2cc(C(=O)NC(C)(C)C)c(=O)oc2c1. The summed E-state index contributed by atoms with van der Waals surface area (Å²) in [6.07, 6.45) is 0. The minimum atomic E-state index is -0.632. The Hall–Kier alpha value is -2.30. The summed E-state index contributed by atoms with van der Waals surface area (Å²) in [6.45, 7) is 5.56. The number of hydrogen-bond donors (Lipinski definition) is 2. The third kappa shape index (κ3) is 2.99. The van der Waals surface area contributed by atoms with Gasteiger partial charge in [-0.3, -0.25) is 4.79 Å². The van der Waals surface area contributed by atoms with Crippen molar-refractivity contribution in [3.8, 4) is 0 Å². The molecule has 0 fully saturated rings. The number of benzene rings is 1. The van der Waals surface area contributed by atoms with Crippen LogP contribution in [0.4, 0.5) is 5.69 Å². The molecular formula is C15H18N2O3. The molecule has 0 aliphatic carbocycles. The number of amides is 1. The van der Waals surface area contributed by atoms with E-state index < -0.39 is 17.1 Å². The second kappa shape index (κ2) is 5.00. The van der Waals surface area contributed by atoms with Gasteiger partial charge in [0, 0.05) is 29.7 Å². The molecule has 1 heterocycles. The Labute approximate surface area is 117 Å². The molecular weight excluding hydrogens is 256 g/mol. The predicted molar refractivity (Wildman–Crippen MR) is 79.2 cm³/mol. The van der Waals surface area contributed by atoms with Gasteiger partial charge in [-0.1, -0.05) is 0 Å². The average Bonchev–Trinajstić information content (AvgIpc) is 2.35. The molecule has 0 unspecified atom stereocenters. The number of carbonyl (C=O) groups is 1. The molecule has 0 aliphatic rings. The Morgan fingerprint density at radius 2 is 1.90 bits per heavy atom. The first-order chi connectivity index (χ1) is 9.30. The highest BCUT2D eigenvalue weighted by molar-refractivity contribution is 5.97. The molecule has 106 valence electrons. The van der Waals surface area contributed by atoms with Gasteiger partial charge in [0.2, 0.25) is 0 Å². The summed E-state index contributed by atoms with van der Waals surface area (Å²) in [5.74, 6) is -0.425. The molecule has 0 saturated carbocycles. The Balaban J connectivity index is 2.48. The molecule has 1 aromatic carbocycles. The highest BCUT2D eigenvalue weighted by Crippen LogP contribution is 2.18. The Kier molecular flexibility index (Phi) is 3.53. The van der Waals surface area contributed by atoms with Crippen LogP contribution in [-0.4, -0.2) is 18.5 Å².